The van der Waals surface area contributed by atoms with Crippen LogP contribution < -0.4 is 10.6 Å². The number of anilines is 1. The third-order valence-electron chi connectivity index (χ3n) is 4.77. The Morgan fingerprint density at radius 2 is 1.34 bits per heavy atom. The summed E-state index contributed by atoms with van der Waals surface area (Å²) in [6, 6.07) is 26.3. The van der Waals surface area contributed by atoms with E-state index in [4.69, 9.17) is 0 Å². The van der Waals surface area contributed by atoms with Crippen molar-refractivity contribution < 1.29 is 9.59 Å². The average molecular weight is 386 g/mol. The summed E-state index contributed by atoms with van der Waals surface area (Å²) in [7, 11) is 0. The Hall–Kier alpha value is -3.40. The van der Waals surface area contributed by atoms with Gasteiger partial charge in [-0.3, -0.25) is 9.59 Å². The van der Waals surface area contributed by atoms with Gasteiger partial charge >= 0.3 is 0 Å². The van der Waals surface area contributed by atoms with Gasteiger partial charge in [-0.1, -0.05) is 79.7 Å². The topological polar surface area (TPSA) is 58.2 Å². The van der Waals surface area contributed by atoms with Gasteiger partial charge in [0.15, 0.2) is 0 Å². The Morgan fingerprint density at radius 3 is 1.93 bits per heavy atom. The lowest BCUT2D eigenvalue weighted by Crippen LogP contribution is -2.45. The molecule has 0 spiro atoms. The molecular formula is C25H26N2O2. The molecule has 3 aromatic rings. The van der Waals surface area contributed by atoms with Crippen molar-refractivity contribution in [3.8, 4) is 0 Å². The highest BCUT2D eigenvalue weighted by Crippen LogP contribution is 2.12. The molecule has 148 valence electrons. The molecule has 0 saturated carbocycles. The molecule has 1 atom stereocenters. The summed E-state index contributed by atoms with van der Waals surface area (Å²) in [5.41, 5.74) is 3.84. The predicted octanol–water partition coefficient (Wildman–Crippen LogP) is 4.16. The molecule has 3 aromatic carbocycles. The van der Waals surface area contributed by atoms with Crippen molar-refractivity contribution >= 4 is 17.5 Å². The number of hydrogen-bond acceptors (Lipinski definition) is 2. The van der Waals surface area contributed by atoms with Crippen LogP contribution in [0, 0.1) is 0 Å². The van der Waals surface area contributed by atoms with Crippen LogP contribution in [0.5, 0.6) is 0 Å². The fraction of sp³-hybridized carbons (Fsp3) is 0.200. The second-order valence-electron chi connectivity index (χ2n) is 7.01. The van der Waals surface area contributed by atoms with Crippen LogP contribution in [0.2, 0.25) is 0 Å². The third kappa shape index (κ3) is 6.32. The van der Waals surface area contributed by atoms with Crippen molar-refractivity contribution in [1.82, 2.24) is 5.32 Å². The molecule has 0 heterocycles. The molecule has 0 aliphatic heterocycles. The van der Waals surface area contributed by atoms with Gasteiger partial charge < -0.3 is 10.6 Å². The first kappa shape index (κ1) is 20.3. The largest absolute Gasteiger partial charge is 0.344 e. The number of nitrogens with one attached hydrogen (secondary N) is 2. The summed E-state index contributed by atoms with van der Waals surface area (Å²) >= 11 is 0. The van der Waals surface area contributed by atoms with Gasteiger partial charge in [0.2, 0.25) is 11.8 Å². The first-order chi connectivity index (χ1) is 14.1. The van der Waals surface area contributed by atoms with Gasteiger partial charge in [-0.05, 0) is 35.2 Å². The molecule has 0 aromatic heterocycles. The number of hydrogen-bond donors (Lipinski definition) is 2. The van der Waals surface area contributed by atoms with Crippen LogP contribution in [0.1, 0.15) is 23.6 Å². The van der Waals surface area contributed by atoms with Crippen molar-refractivity contribution in [2.75, 3.05) is 5.32 Å². The highest BCUT2D eigenvalue weighted by molar-refractivity contribution is 5.97. The van der Waals surface area contributed by atoms with Crippen LogP contribution in [0.3, 0.4) is 0 Å². The monoisotopic (exact) mass is 386 g/mol. The summed E-state index contributed by atoms with van der Waals surface area (Å²) in [6.45, 7) is 2.09. The van der Waals surface area contributed by atoms with E-state index in [1.165, 1.54) is 5.56 Å². The maximum absolute atomic E-state index is 12.9. The van der Waals surface area contributed by atoms with Crippen LogP contribution in [0.15, 0.2) is 84.9 Å². The number of rotatable bonds is 8. The van der Waals surface area contributed by atoms with Crippen molar-refractivity contribution in [2.24, 2.45) is 0 Å². The Kier molecular flexibility index (Phi) is 7.17. The van der Waals surface area contributed by atoms with Gasteiger partial charge in [-0.25, -0.2) is 0 Å². The number of amides is 2. The molecule has 0 saturated heterocycles. The highest BCUT2D eigenvalue weighted by Gasteiger charge is 2.21. The molecule has 1 unspecified atom stereocenters. The van der Waals surface area contributed by atoms with Crippen molar-refractivity contribution in [2.45, 2.75) is 32.2 Å². The molecule has 2 N–H and O–H groups in total. The molecule has 0 aliphatic rings. The molecule has 0 radical (unpaired) electrons. The van der Waals surface area contributed by atoms with Crippen molar-refractivity contribution in [3.05, 3.63) is 102 Å². The van der Waals surface area contributed by atoms with E-state index in [1.54, 1.807) is 0 Å². The van der Waals surface area contributed by atoms with E-state index in [0.717, 1.165) is 23.2 Å². The zero-order chi connectivity index (χ0) is 20.5. The molecule has 0 fully saturated rings. The van der Waals surface area contributed by atoms with Crippen molar-refractivity contribution in [3.63, 3.8) is 0 Å². The lowest BCUT2D eigenvalue weighted by Gasteiger charge is -2.19. The maximum atomic E-state index is 12.9. The van der Waals surface area contributed by atoms with Gasteiger partial charge in [-0.2, -0.15) is 0 Å². The fourth-order valence-electron chi connectivity index (χ4n) is 3.14. The summed E-state index contributed by atoms with van der Waals surface area (Å²) in [4.78, 5) is 25.5. The third-order valence-corrected chi connectivity index (χ3v) is 4.77. The second-order valence-corrected chi connectivity index (χ2v) is 7.01. The first-order valence-corrected chi connectivity index (χ1v) is 9.91. The minimum atomic E-state index is -0.653. The lowest BCUT2D eigenvalue weighted by molar-refractivity contribution is -0.126. The molecule has 3 rings (SSSR count). The van der Waals surface area contributed by atoms with Crippen LogP contribution in [-0.4, -0.2) is 17.9 Å². The van der Waals surface area contributed by atoms with E-state index in [1.807, 2.05) is 84.9 Å². The maximum Gasteiger partial charge on any atom is 0.247 e. The number of carbonyl (C=O) groups is 2. The van der Waals surface area contributed by atoms with Crippen LogP contribution in [0.25, 0.3) is 0 Å². The molecule has 29 heavy (non-hydrogen) atoms. The Morgan fingerprint density at radius 1 is 0.759 bits per heavy atom. The fourth-order valence-corrected chi connectivity index (χ4v) is 3.14. The highest BCUT2D eigenvalue weighted by atomic mass is 16.2. The summed E-state index contributed by atoms with van der Waals surface area (Å²) in [5.74, 6) is -0.395. The Bertz CT molecular complexity index is 922. The van der Waals surface area contributed by atoms with Crippen LogP contribution in [0.4, 0.5) is 5.69 Å². The van der Waals surface area contributed by atoms with E-state index in [0.29, 0.717) is 6.42 Å². The molecule has 4 heteroatoms. The van der Waals surface area contributed by atoms with Gasteiger partial charge in [-0.15, -0.1) is 0 Å². The van der Waals surface area contributed by atoms with Crippen LogP contribution in [-0.2, 0) is 28.9 Å². The average Bonchev–Trinajstić information content (AvgIpc) is 2.75. The number of carbonyl (C=O) groups excluding carboxylic acids is 2. The molecule has 2 amide bonds. The zero-order valence-corrected chi connectivity index (χ0v) is 16.6. The quantitative estimate of drug-likeness (QED) is 0.611. The second kappa shape index (κ2) is 10.2. The smallest absolute Gasteiger partial charge is 0.247 e. The van der Waals surface area contributed by atoms with E-state index in [2.05, 4.69) is 17.6 Å². The van der Waals surface area contributed by atoms with E-state index < -0.39 is 6.04 Å². The van der Waals surface area contributed by atoms with Crippen molar-refractivity contribution in [1.29, 1.82) is 0 Å². The summed E-state index contributed by atoms with van der Waals surface area (Å²) in [6.07, 6.45) is 1.62. The number of benzene rings is 3. The number of aryl methyl sites for hydroxylation is 1. The SMILES string of the molecule is CCc1ccc(NC(=O)C(Cc2ccccc2)NC(=O)Cc2ccccc2)cc1. The predicted molar refractivity (Wildman–Crippen MR) is 117 cm³/mol. The van der Waals surface area contributed by atoms with Crippen LogP contribution >= 0.6 is 0 Å². The van der Waals surface area contributed by atoms with E-state index >= 15 is 0 Å². The lowest BCUT2D eigenvalue weighted by atomic mass is 10.0. The Balaban J connectivity index is 1.70. The normalized spacial score (nSPS) is 11.5. The van der Waals surface area contributed by atoms with Gasteiger partial charge in [0.1, 0.15) is 6.04 Å². The molecule has 0 aliphatic carbocycles. The minimum absolute atomic E-state index is 0.173. The summed E-state index contributed by atoms with van der Waals surface area (Å²) in [5, 5.41) is 5.83. The molecule has 0 bridgehead atoms. The van der Waals surface area contributed by atoms with Gasteiger partial charge in [0.05, 0.1) is 6.42 Å². The van der Waals surface area contributed by atoms with Gasteiger partial charge in [0, 0.05) is 12.1 Å². The Labute approximate surface area is 172 Å². The molecular weight excluding hydrogens is 360 g/mol. The zero-order valence-electron chi connectivity index (χ0n) is 16.6. The van der Waals surface area contributed by atoms with E-state index in [9.17, 15) is 9.59 Å². The first-order valence-electron chi connectivity index (χ1n) is 9.91. The van der Waals surface area contributed by atoms with E-state index in [-0.39, 0.29) is 18.2 Å². The minimum Gasteiger partial charge on any atom is -0.344 e. The van der Waals surface area contributed by atoms with Gasteiger partial charge in [0.25, 0.3) is 0 Å². The standard InChI is InChI=1S/C25H26N2O2/c1-2-19-13-15-22(16-14-19)26-25(29)23(17-20-9-5-3-6-10-20)27-24(28)18-21-11-7-4-8-12-21/h3-16,23H,2,17-18H2,1H3,(H,26,29)(H,27,28). The molecule has 4 nitrogen and oxygen atoms in total. The summed E-state index contributed by atoms with van der Waals surface area (Å²) < 4.78 is 0.